The van der Waals surface area contributed by atoms with E-state index in [-0.39, 0.29) is 0 Å². The fourth-order valence-corrected chi connectivity index (χ4v) is 2.92. The SMILES string of the molecule is Cc1ccc(NCc2cc(Br)cs2)c(C#N)c1. The fourth-order valence-electron chi connectivity index (χ4n) is 1.53. The summed E-state index contributed by atoms with van der Waals surface area (Å²) in [6.07, 6.45) is 0. The first kappa shape index (κ1) is 12.2. The van der Waals surface area contributed by atoms with Crippen LogP contribution in [0.2, 0.25) is 0 Å². The second-order valence-corrected chi connectivity index (χ2v) is 5.66. The molecule has 0 radical (unpaired) electrons. The van der Waals surface area contributed by atoms with Crippen molar-refractivity contribution in [3.8, 4) is 6.07 Å². The van der Waals surface area contributed by atoms with Gasteiger partial charge in [0.1, 0.15) is 6.07 Å². The molecule has 4 heteroatoms. The predicted molar refractivity (Wildman–Crippen MR) is 75.2 cm³/mol. The Morgan fingerprint density at radius 1 is 1.41 bits per heavy atom. The van der Waals surface area contributed by atoms with Crippen molar-refractivity contribution in [2.24, 2.45) is 0 Å². The van der Waals surface area contributed by atoms with E-state index in [0.717, 1.165) is 22.3 Å². The van der Waals surface area contributed by atoms with Crippen LogP contribution < -0.4 is 5.32 Å². The summed E-state index contributed by atoms with van der Waals surface area (Å²) in [4.78, 5) is 1.24. The van der Waals surface area contributed by atoms with E-state index in [1.165, 1.54) is 4.88 Å². The zero-order chi connectivity index (χ0) is 12.3. The summed E-state index contributed by atoms with van der Waals surface area (Å²) in [6, 6.07) is 10.1. The summed E-state index contributed by atoms with van der Waals surface area (Å²) in [6.45, 7) is 2.73. The maximum atomic E-state index is 9.05. The number of hydrogen-bond donors (Lipinski definition) is 1. The Labute approximate surface area is 113 Å². The number of thiophene rings is 1. The van der Waals surface area contributed by atoms with Gasteiger partial charge >= 0.3 is 0 Å². The molecular weight excluding hydrogens is 296 g/mol. The quantitative estimate of drug-likeness (QED) is 0.917. The number of nitrogens with one attached hydrogen (secondary N) is 1. The van der Waals surface area contributed by atoms with Crippen LogP contribution in [0.25, 0.3) is 0 Å². The minimum Gasteiger partial charge on any atom is -0.379 e. The van der Waals surface area contributed by atoms with E-state index >= 15 is 0 Å². The number of nitrogens with zero attached hydrogens (tertiary/aromatic N) is 1. The number of benzene rings is 1. The highest BCUT2D eigenvalue weighted by Crippen LogP contribution is 2.22. The molecular formula is C13H11BrN2S. The molecule has 1 aromatic heterocycles. The Bertz CT molecular complexity index is 569. The second kappa shape index (κ2) is 5.35. The number of halogens is 1. The maximum Gasteiger partial charge on any atom is 0.101 e. The van der Waals surface area contributed by atoms with Crippen molar-refractivity contribution >= 4 is 33.0 Å². The van der Waals surface area contributed by atoms with Gasteiger partial charge in [-0.05, 0) is 46.6 Å². The number of nitriles is 1. The molecule has 1 aromatic carbocycles. The summed E-state index contributed by atoms with van der Waals surface area (Å²) in [5.41, 5.74) is 2.69. The average Bonchev–Trinajstić information content (AvgIpc) is 2.73. The smallest absolute Gasteiger partial charge is 0.101 e. The van der Waals surface area contributed by atoms with E-state index in [4.69, 9.17) is 5.26 Å². The Hall–Kier alpha value is -1.31. The van der Waals surface area contributed by atoms with Crippen molar-refractivity contribution in [3.63, 3.8) is 0 Å². The monoisotopic (exact) mass is 306 g/mol. The van der Waals surface area contributed by atoms with Gasteiger partial charge in [-0.15, -0.1) is 11.3 Å². The molecule has 0 atom stereocenters. The summed E-state index contributed by atoms with van der Waals surface area (Å²) in [5, 5.41) is 14.4. The van der Waals surface area contributed by atoms with Crippen LogP contribution in [0.1, 0.15) is 16.0 Å². The molecule has 2 aromatic rings. The van der Waals surface area contributed by atoms with E-state index < -0.39 is 0 Å². The average molecular weight is 307 g/mol. The molecule has 86 valence electrons. The van der Waals surface area contributed by atoms with Gasteiger partial charge in [-0.2, -0.15) is 5.26 Å². The highest BCUT2D eigenvalue weighted by Gasteiger charge is 2.03. The van der Waals surface area contributed by atoms with Gasteiger partial charge in [0.15, 0.2) is 0 Å². The van der Waals surface area contributed by atoms with E-state index in [1.807, 2.05) is 25.1 Å². The van der Waals surface area contributed by atoms with Crippen molar-refractivity contribution in [1.82, 2.24) is 0 Å². The molecule has 1 N–H and O–H groups in total. The number of rotatable bonds is 3. The standard InChI is InChI=1S/C13H11BrN2S/c1-9-2-3-13(10(4-9)6-15)16-7-12-5-11(14)8-17-12/h2-5,8,16H,7H2,1H3. The van der Waals surface area contributed by atoms with Crippen LogP contribution in [0.3, 0.4) is 0 Å². The lowest BCUT2D eigenvalue weighted by Gasteiger charge is -2.07. The molecule has 0 unspecified atom stereocenters. The third-order valence-corrected chi connectivity index (χ3v) is 4.07. The van der Waals surface area contributed by atoms with Gasteiger partial charge in [-0.25, -0.2) is 0 Å². The molecule has 0 bridgehead atoms. The third kappa shape index (κ3) is 3.09. The number of hydrogen-bond acceptors (Lipinski definition) is 3. The van der Waals surface area contributed by atoms with Gasteiger partial charge in [-0.3, -0.25) is 0 Å². The molecule has 17 heavy (non-hydrogen) atoms. The Balaban J connectivity index is 2.12. The van der Waals surface area contributed by atoms with Gasteiger partial charge < -0.3 is 5.32 Å². The summed E-state index contributed by atoms with van der Waals surface area (Å²) < 4.78 is 1.10. The van der Waals surface area contributed by atoms with Crippen molar-refractivity contribution in [2.75, 3.05) is 5.32 Å². The van der Waals surface area contributed by atoms with Crippen molar-refractivity contribution < 1.29 is 0 Å². The Kier molecular flexibility index (Phi) is 3.82. The second-order valence-electron chi connectivity index (χ2n) is 3.75. The van der Waals surface area contributed by atoms with E-state index in [0.29, 0.717) is 5.56 Å². The normalized spacial score (nSPS) is 9.94. The summed E-state index contributed by atoms with van der Waals surface area (Å²) in [5.74, 6) is 0. The van der Waals surface area contributed by atoms with E-state index in [9.17, 15) is 0 Å². The lowest BCUT2D eigenvalue weighted by atomic mass is 10.1. The number of aryl methyl sites for hydroxylation is 1. The van der Waals surface area contributed by atoms with Gasteiger partial charge in [0.25, 0.3) is 0 Å². The highest BCUT2D eigenvalue weighted by atomic mass is 79.9. The largest absolute Gasteiger partial charge is 0.379 e. The van der Waals surface area contributed by atoms with Gasteiger partial charge in [0, 0.05) is 21.3 Å². The molecule has 0 saturated carbocycles. The van der Waals surface area contributed by atoms with Crippen LogP contribution in [0.15, 0.2) is 34.1 Å². The molecule has 0 saturated heterocycles. The van der Waals surface area contributed by atoms with Crippen LogP contribution in [0, 0.1) is 18.3 Å². The molecule has 0 aliphatic rings. The predicted octanol–water partition coefficient (Wildman–Crippen LogP) is 4.30. The van der Waals surface area contributed by atoms with Crippen LogP contribution >= 0.6 is 27.3 Å². The topological polar surface area (TPSA) is 35.8 Å². The molecule has 2 rings (SSSR count). The Morgan fingerprint density at radius 3 is 2.88 bits per heavy atom. The van der Waals surface area contributed by atoms with Gasteiger partial charge in [-0.1, -0.05) is 6.07 Å². The first-order chi connectivity index (χ1) is 8.19. The van der Waals surface area contributed by atoms with Crippen LogP contribution in [-0.2, 0) is 6.54 Å². The zero-order valence-electron chi connectivity index (χ0n) is 9.33. The molecule has 1 heterocycles. The van der Waals surface area contributed by atoms with Gasteiger partial charge in [0.2, 0.25) is 0 Å². The van der Waals surface area contributed by atoms with Crippen molar-refractivity contribution in [1.29, 1.82) is 5.26 Å². The van der Waals surface area contributed by atoms with Crippen molar-refractivity contribution in [3.05, 3.63) is 50.1 Å². The molecule has 0 fully saturated rings. The van der Waals surface area contributed by atoms with Gasteiger partial charge in [0.05, 0.1) is 11.3 Å². The third-order valence-electron chi connectivity index (χ3n) is 2.37. The summed E-state index contributed by atoms with van der Waals surface area (Å²) >= 11 is 5.12. The van der Waals surface area contributed by atoms with Crippen molar-refractivity contribution in [2.45, 2.75) is 13.5 Å². The lowest BCUT2D eigenvalue weighted by Crippen LogP contribution is -1.99. The molecule has 0 spiro atoms. The minimum atomic E-state index is 0.695. The minimum absolute atomic E-state index is 0.695. The lowest BCUT2D eigenvalue weighted by molar-refractivity contribution is 1.18. The molecule has 0 aliphatic carbocycles. The molecule has 2 nitrogen and oxygen atoms in total. The van der Waals surface area contributed by atoms with E-state index in [1.54, 1.807) is 11.3 Å². The van der Waals surface area contributed by atoms with Crippen LogP contribution in [-0.4, -0.2) is 0 Å². The first-order valence-electron chi connectivity index (χ1n) is 5.16. The van der Waals surface area contributed by atoms with E-state index in [2.05, 4.69) is 38.8 Å². The summed E-state index contributed by atoms with van der Waals surface area (Å²) in [7, 11) is 0. The Morgan fingerprint density at radius 2 is 2.24 bits per heavy atom. The number of anilines is 1. The van der Waals surface area contributed by atoms with Crippen LogP contribution in [0.4, 0.5) is 5.69 Å². The molecule has 0 aliphatic heterocycles. The fraction of sp³-hybridized carbons (Fsp3) is 0.154. The maximum absolute atomic E-state index is 9.05. The van der Waals surface area contributed by atoms with Crippen LogP contribution in [0.5, 0.6) is 0 Å². The zero-order valence-corrected chi connectivity index (χ0v) is 11.7. The molecule has 0 amide bonds. The highest BCUT2D eigenvalue weighted by molar-refractivity contribution is 9.10. The first-order valence-corrected chi connectivity index (χ1v) is 6.84.